The molecule has 2 heteroatoms. The Balaban J connectivity index is 1.95. The van der Waals surface area contributed by atoms with E-state index in [0.717, 1.165) is 11.3 Å². The maximum Gasteiger partial charge on any atom is 0.0173 e. The van der Waals surface area contributed by atoms with Crippen LogP contribution in [-0.2, 0) is 0 Å². The van der Waals surface area contributed by atoms with Crippen molar-refractivity contribution in [1.82, 2.24) is 0 Å². The fraction of sp³-hybridized carbons (Fsp3) is 0.636. The highest BCUT2D eigenvalue weighted by atomic mass is 31.1. The highest BCUT2D eigenvalue weighted by Gasteiger charge is 2.60. The highest BCUT2D eigenvalue weighted by molar-refractivity contribution is 7.73. The van der Waals surface area contributed by atoms with E-state index in [1.54, 1.807) is 32.9 Å². The minimum atomic E-state index is -0.111. The Bertz CT molecular complexity index is 738. The van der Waals surface area contributed by atoms with Crippen LogP contribution < -0.4 is 0 Å². The van der Waals surface area contributed by atoms with Crippen molar-refractivity contribution in [3.8, 4) is 0 Å². The van der Waals surface area contributed by atoms with E-state index < -0.39 is 0 Å². The molecule has 0 aromatic heterocycles. The molecule has 0 aliphatic carbocycles. The van der Waals surface area contributed by atoms with E-state index >= 15 is 0 Å². The van der Waals surface area contributed by atoms with Crippen LogP contribution in [0.5, 0.6) is 0 Å². The molecule has 0 N–H and O–H groups in total. The zero-order valence-electron chi connectivity index (χ0n) is 17.0. The van der Waals surface area contributed by atoms with Crippen molar-refractivity contribution in [2.45, 2.75) is 80.6 Å². The summed E-state index contributed by atoms with van der Waals surface area (Å²) in [6.45, 7) is 24.7. The largest absolute Gasteiger partial charge is 0.0589 e. The van der Waals surface area contributed by atoms with Crippen LogP contribution in [0.2, 0.25) is 0 Å². The van der Waals surface area contributed by atoms with Crippen molar-refractivity contribution in [1.29, 1.82) is 0 Å². The maximum absolute atomic E-state index is 2.53. The lowest BCUT2D eigenvalue weighted by atomic mass is 9.72. The molecule has 4 heterocycles. The van der Waals surface area contributed by atoms with Crippen LogP contribution in [0, 0.1) is 10.8 Å². The monoisotopic (exact) mass is 358 g/mol. The molecule has 4 aliphatic rings. The SMILES string of the molecule is CC1=C(C)[C@@]2(C)C(C)=C(C3=C(C)[C@]4(C)C(C)=C(C)[P@@]3C4C)[P@]1C2C. The van der Waals surface area contributed by atoms with Gasteiger partial charge in [-0.1, -0.05) is 50.0 Å². The van der Waals surface area contributed by atoms with Crippen LogP contribution in [0.4, 0.5) is 0 Å². The molecule has 0 radical (unpaired) electrons. The molecule has 0 aromatic carbocycles. The molecule has 0 fully saturated rings. The number of allylic oxidation sites excluding steroid dienone is 8. The third-order valence-electron chi connectivity index (χ3n) is 8.79. The topological polar surface area (TPSA) is 0 Å². The first-order valence-corrected chi connectivity index (χ1v) is 12.2. The summed E-state index contributed by atoms with van der Waals surface area (Å²) >= 11 is 0. The molecule has 0 saturated heterocycles. The maximum atomic E-state index is 2.53. The summed E-state index contributed by atoms with van der Waals surface area (Å²) in [4.78, 5) is 0. The molecule has 0 aromatic rings. The molecule has 4 rings (SSSR count). The van der Waals surface area contributed by atoms with Gasteiger partial charge < -0.3 is 0 Å². The van der Waals surface area contributed by atoms with E-state index in [0.29, 0.717) is 10.8 Å². The van der Waals surface area contributed by atoms with Crippen molar-refractivity contribution >= 4 is 15.8 Å². The van der Waals surface area contributed by atoms with Gasteiger partial charge in [-0.25, -0.2) is 0 Å². The summed E-state index contributed by atoms with van der Waals surface area (Å²) < 4.78 is 0. The van der Waals surface area contributed by atoms with Gasteiger partial charge >= 0.3 is 0 Å². The second-order valence-electron chi connectivity index (χ2n) is 8.86. The van der Waals surface area contributed by atoms with Gasteiger partial charge in [0.05, 0.1) is 0 Å². The van der Waals surface area contributed by atoms with Crippen LogP contribution in [0.1, 0.15) is 69.2 Å². The molecule has 24 heavy (non-hydrogen) atoms. The molecule has 4 aliphatic heterocycles. The van der Waals surface area contributed by atoms with E-state index in [-0.39, 0.29) is 15.8 Å². The molecular weight excluding hydrogens is 326 g/mol. The smallest absolute Gasteiger partial charge is 0.0173 e. The molecule has 2 unspecified atom stereocenters. The van der Waals surface area contributed by atoms with Crippen molar-refractivity contribution in [2.75, 3.05) is 0 Å². The fourth-order valence-electron chi connectivity index (χ4n) is 6.19. The second-order valence-corrected chi connectivity index (χ2v) is 14.1. The summed E-state index contributed by atoms with van der Waals surface area (Å²) in [5, 5.41) is 7.12. The van der Waals surface area contributed by atoms with Crippen LogP contribution in [0.25, 0.3) is 0 Å². The first kappa shape index (κ1) is 17.2. The quantitative estimate of drug-likeness (QED) is 0.417. The van der Waals surface area contributed by atoms with E-state index in [9.17, 15) is 0 Å². The Kier molecular flexibility index (Phi) is 3.41. The van der Waals surface area contributed by atoms with Gasteiger partial charge in [-0.2, -0.15) is 0 Å². The van der Waals surface area contributed by atoms with E-state index in [1.165, 1.54) is 0 Å². The molecule has 0 saturated carbocycles. The number of rotatable bonds is 1. The van der Waals surface area contributed by atoms with Crippen molar-refractivity contribution in [3.05, 3.63) is 43.5 Å². The third-order valence-corrected chi connectivity index (χ3v) is 15.7. The molecule has 4 bridgehead atoms. The zero-order valence-corrected chi connectivity index (χ0v) is 18.8. The van der Waals surface area contributed by atoms with Crippen molar-refractivity contribution in [2.24, 2.45) is 10.8 Å². The number of hydrogen-bond donors (Lipinski definition) is 0. The Hall–Kier alpha value is -0.180. The second kappa shape index (κ2) is 4.75. The van der Waals surface area contributed by atoms with Gasteiger partial charge in [-0.05, 0) is 90.0 Å². The summed E-state index contributed by atoms with van der Waals surface area (Å²) in [6, 6.07) is 0. The minimum absolute atomic E-state index is 0.111. The molecule has 130 valence electrons. The molecule has 0 nitrogen and oxygen atoms in total. The lowest BCUT2D eigenvalue weighted by Gasteiger charge is -2.33. The summed E-state index contributed by atoms with van der Waals surface area (Å²) in [6.07, 6.45) is 0. The average molecular weight is 358 g/mol. The standard InChI is InChI=1S/C22H32P2/c1-11-15(5)23-17(7)21(11,9)13(3)19(23)20-14(4)22(10)12(2)16(6)24(20)18(22)8/h17-18H,1-10H3/t17?,18?,21-,22-,23-,24-/m0/s1. The van der Waals surface area contributed by atoms with Gasteiger partial charge in [0.2, 0.25) is 0 Å². The van der Waals surface area contributed by atoms with Crippen molar-refractivity contribution in [3.63, 3.8) is 0 Å². The first-order valence-electron chi connectivity index (χ1n) is 9.39. The Labute approximate surface area is 151 Å². The Morgan fingerprint density at radius 1 is 0.583 bits per heavy atom. The normalized spacial score (nSPS) is 47.2. The van der Waals surface area contributed by atoms with E-state index in [1.807, 2.05) is 10.6 Å². The van der Waals surface area contributed by atoms with E-state index in [2.05, 4.69) is 69.2 Å². The van der Waals surface area contributed by atoms with Gasteiger partial charge in [0.15, 0.2) is 0 Å². The predicted molar refractivity (Wildman–Crippen MR) is 111 cm³/mol. The van der Waals surface area contributed by atoms with Crippen LogP contribution >= 0.6 is 15.8 Å². The lowest BCUT2D eigenvalue weighted by molar-refractivity contribution is 0.485. The van der Waals surface area contributed by atoms with Crippen LogP contribution in [-0.4, -0.2) is 11.3 Å². The average Bonchev–Trinajstić information content (AvgIpc) is 3.00. The van der Waals surface area contributed by atoms with Gasteiger partial charge in [-0.3, -0.25) is 0 Å². The fourth-order valence-corrected chi connectivity index (χ4v) is 14.4. The van der Waals surface area contributed by atoms with Gasteiger partial charge in [0, 0.05) is 10.8 Å². The van der Waals surface area contributed by atoms with Gasteiger partial charge in [0.25, 0.3) is 0 Å². The highest BCUT2D eigenvalue weighted by Crippen LogP contribution is 2.86. The predicted octanol–water partition coefficient (Wildman–Crippen LogP) is 7.93. The molecular formula is C22H32P2. The molecule has 6 atom stereocenters. The first-order chi connectivity index (χ1) is 11.0. The van der Waals surface area contributed by atoms with Crippen LogP contribution in [0.3, 0.4) is 0 Å². The summed E-state index contributed by atoms with van der Waals surface area (Å²) in [5.41, 5.74) is 9.04. The number of hydrogen-bond acceptors (Lipinski definition) is 0. The molecule has 0 amide bonds. The van der Waals surface area contributed by atoms with Crippen molar-refractivity contribution < 1.29 is 0 Å². The lowest BCUT2D eigenvalue weighted by Crippen LogP contribution is -2.24. The summed E-state index contributed by atoms with van der Waals surface area (Å²) in [7, 11) is -0.222. The Morgan fingerprint density at radius 3 is 1.12 bits per heavy atom. The van der Waals surface area contributed by atoms with Crippen LogP contribution in [0.15, 0.2) is 43.5 Å². The zero-order chi connectivity index (χ0) is 17.9. The third kappa shape index (κ3) is 1.48. The summed E-state index contributed by atoms with van der Waals surface area (Å²) in [5.74, 6) is 0. The van der Waals surface area contributed by atoms with Gasteiger partial charge in [-0.15, -0.1) is 0 Å². The number of fused-ring (bicyclic) bond motifs is 4. The minimum Gasteiger partial charge on any atom is -0.0589 e. The molecule has 0 spiro atoms. The Morgan fingerprint density at radius 2 is 0.875 bits per heavy atom. The van der Waals surface area contributed by atoms with Gasteiger partial charge in [0.1, 0.15) is 0 Å². The van der Waals surface area contributed by atoms with E-state index in [4.69, 9.17) is 0 Å².